The van der Waals surface area contributed by atoms with Gasteiger partial charge in [-0.3, -0.25) is 19.7 Å². The molecule has 25 heavy (non-hydrogen) atoms. The summed E-state index contributed by atoms with van der Waals surface area (Å²) >= 11 is 0. The Kier molecular flexibility index (Phi) is 6.22. The number of benzene rings is 2. The highest BCUT2D eigenvalue weighted by Crippen LogP contribution is 2.18. The highest BCUT2D eigenvalue weighted by Gasteiger charge is 2.23. The van der Waals surface area contributed by atoms with Crippen LogP contribution in [0.2, 0.25) is 0 Å². The summed E-state index contributed by atoms with van der Waals surface area (Å²) in [6.07, 6.45) is -0.499. The van der Waals surface area contributed by atoms with Gasteiger partial charge in [-0.2, -0.15) is 0 Å². The molecule has 0 saturated heterocycles. The molecule has 0 radical (unpaired) electrons. The van der Waals surface area contributed by atoms with Crippen molar-refractivity contribution in [3.63, 3.8) is 0 Å². The Morgan fingerprint density at radius 1 is 1.12 bits per heavy atom. The zero-order valence-corrected chi connectivity index (χ0v) is 13.7. The van der Waals surface area contributed by atoms with E-state index in [1.54, 1.807) is 42.5 Å². The summed E-state index contributed by atoms with van der Waals surface area (Å²) in [5, 5.41) is 13.3. The standard InChI is InChI=1S/C18H18N2O5/c1-13(21)25-17(15-5-3-2-4-6-15)18(22)19-12-11-14-7-9-16(10-8-14)20(23)24/h2-10,17H,11-12H2,1H3,(H,19,22)/t17-/m1/s1. The van der Waals surface area contributed by atoms with Crippen molar-refractivity contribution in [3.05, 3.63) is 75.8 Å². The van der Waals surface area contributed by atoms with Gasteiger partial charge < -0.3 is 10.1 Å². The van der Waals surface area contributed by atoms with Crippen molar-refractivity contribution in [1.82, 2.24) is 5.32 Å². The number of esters is 1. The summed E-state index contributed by atoms with van der Waals surface area (Å²) in [5.41, 5.74) is 1.46. The number of carbonyl (C=O) groups excluding carboxylic acids is 2. The van der Waals surface area contributed by atoms with E-state index in [0.717, 1.165) is 5.56 Å². The smallest absolute Gasteiger partial charge is 0.303 e. The largest absolute Gasteiger partial charge is 0.447 e. The van der Waals surface area contributed by atoms with Crippen LogP contribution >= 0.6 is 0 Å². The number of rotatable bonds is 7. The predicted molar refractivity (Wildman–Crippen MR) is 90.8 cm³/mol. The highest BCUT2D eigenvalue weighted by atomic mass is 16.6. The number of nitro benzene ring substituents is 1. The molecule has 130 valence electrons. The number of nitrogens with one attached hydrogen (secondary N) is 1. The van der Waals surface area contributed by atoms with Gasteiger partial charge in [0.2, 0.25) is 6.10 Å². The molecule has 7 heteroatoms. The molecule has 0 unspecified atom stereocenters. The third-order valence-electron chi connectivity index (χ3n) is 3.48. The lowest BCUT2D eigenvalue weighted by atomic mass is 10.1. The van der Waals surface area contributed by atoms with Gasteiger partial charge in [-0.25, -0.2) is 0 Å². The van der Waals surface area contributed by atoms with Gasteiger partial charge in [-0.1, -0.05) is 42.5 Å². The lowest BCUT2D eigenvalue weighted by Crippen LogP contribution is -2.33. The third-order valence-corrected chi connectivity index (χ3v) is 3.48. The molecule has 0 aliphatic heterocycles. The molecule has 0 spiro atoms. The Morgan fingerprint density at radius 2 is 1.76 bits per heavy atom. The van der Waals surface area contributed by atoms with Gasteiger partial charge in [0.25, 0.3) is 11.6 Å². The van der Waals surface area contributed by atoms with Crippen LogP contribution < -0.4 is 5.32 Å². The maximum Gasteiger partial charge on any atom is 0.303 e. The first-order valence-electron chi connectivity index (χ1n) is 7.70. The van der Waals surface area contributed by atoms with Crippen LogP contribution in [-0.4, -0.2) is 23.3 Å². The topological polar surface area (TPSA) is 98.5 Å². The number of nitrogens with zero attached hydrogens (tertiary/aromatic N) is 1. The molecule has 1 N–H and O–H groups in total. The van der Waals surface area contributed by atoms with Gasteiger partial charge in [0.15, 0.2) is 0 Å². The fourth-order valence-corrected chi connectivity index (χ4v) is 2.27. The van der Waals surface area contributed by atoms with Crippen molar-refractivity contribution in [2.75, 3.05) is 6.54 Å². The van der Waals surface area contributed by atoms with E-state index in [9.17, 15) is 19.7 Å². The van der Waals surface area contributed by atoms with Crippen LogP contribution in [-0.2, 0) is 20.7 Å². The summed E-state index contributed by atoms with van der Waals surface area (Å²) in [5.74, 6) is -0.956. The Balaban J connectivity index is 1.94. The molecule has 0 bridgehead atoms. The van der Waals surface area contributed by atoms with Crippen LogP contribution in [0.3, 0.4) is 0 Å². The zero-order valence-electron chi connectivity index (χ0n) is 13.7. The van der Waals surface area contributed by atoms with Crippen molar-refractivity contribution in [2.24, 2.45) is 0 Å². The average molecular weight is 342 g/mol. The van der Waals surface area contributed by atoms with Gasteiger partial charge >= 0.3 is 5.97 Å². The molecule has 2 aromatic carbocycles. The first kappa shape index (κ1) is 18.1. The minimum Gasteiger partial charge on any atom is -0.447 e. The summed E-state index contributed by atoms with van der Waals surface area (Å²) in [6, 6.07) is 14.9. The van der Waals surface area contributed by atoms with Crippen molar-refractivity contribution in [1.29, 1.82) is 0 Å². The van der Waals surface area contributed by atoms with Crippen LogP contribution in [0.25, 0.3) is 0 Å². The van der Waals surface area contributed by atoms with E-state index >= 15 is 0 Å². The van der Waals surface area contributed by atoms with Crippen LogP contribution in [0.1, 0.15) is 24.2 Å². The number of hydrogen-bond acceptors (Lipinski definition) is 5. The van der Waals surface area contributed by atoms with Crippen molar-refractivity contribution >= 4 is 17.6 Å². The van der Waals surface area contributed by atoms with E-state index < -0.39 is 22.9 Å². The fraction of sp³-hybridized carbons (Fsp3) is 0.222. The van der Waals surface area contributed by atoms with Crippen molar-refractivity contribution < 1.29 is 19.2 Å². The van der Waals surface area contributed by atoms with Gasteiger partial charge in [-0.05, 0) is 12.0 Å². The SMILES string of the molecule is CC(=O)O[C@@H](C(=O)NCCc1ccc([N+](=O)[O-])cc1)c1ccccc1. The Labute approximate surface area is 144 Å². The van der Waals surface area contributed by atoms with E-state index in [4.69, 9.17) is 4.74 Å². The molecule has 2 rings (SSSR count). The normalized spacial score (nSPS) is 11.4. The number of amides is 1. The Hall–Kier alpha value is -3.22. The monoisotopic (exact) mass is 342 g/mol. The number of carbonyl (C=O) groups is 2. The molecule has 0 fully saturated rings. The second-order valence-corrected chi connectivity index (χ2v) is 5.36. The minimum atomic E-state index is -1.00. The predicted octanol–water partition coefficient (Wildman–Crippen LogP) is 2.56. The van der Waals surface area contributed by atoms with Crippen LogP contribution in [0.5, 0.6) is 0 Å². The van der Waals surface area contributed by atoms with Crippen LogP contribution in [0.15, 0.2) is 54.6 Å². The second-order valence-electron chi connectivity index (χ2n) is 5.36. The van der Waals surface area contributed by atoms with Gasteiger partial charge in [0.1, 0.15) is 0 Å². The van der Waals surface area contributed by atoms with Crippen LogP contribution in [0, 0.1) is 10.1 Å². The maximum absolute atomic E-state index is 12.3. The molecule has 1 amide bonds. The second kappa shape index (κ2) is 8.58. The zero-order chi connectivity index (χ0) is 18.2. The van der Waals surface area contributed by atoms with Crippen molar-refractivity contribution in [2.45, 2.75) is 19.4 Å². The minimum absolute atomic E-state index is 0.0202. The molecule has 7 nitrogen and oxygen atoms in total. The fourth-order valence-electron chi connectivity index (χ4n) is 2.27. The number of ether oxygens (including phenoxy) is 1. The number of non-ortho nitro benzene ring substituents is 1. The summed E-state index contributed by atoms with van der Waals surface area (Å²) < 4.78 is 5.12. The van der Waals surface area contributed by atoms with E-state index in [-0.39, 0.29) is 5.69 Å². The first-order chi connectivity index (χ1) is 12.0. The molecular weight excluding hydrogens is 324 g/mol. The molecule has 0 aliphatic rings. The molecule has 0 saturated carbocycles. The molecular formula is C18H18N2O5. The molecule has 0 aliphatic carbocycles. The van der Waals surface area contributed by atoms with E-state index in [1.165, 1.54) is 19.1 Å². The van der Waals surface area contributed by atoms with Gasteiger partial charge in [0.05, 0.1) is 4.92 Å². The summed E-state index contributed by atoms with van der Waals surface area (Å²) in [7, 11) is 0. The molecule has 0 aromatic heterocycles. The number of hydrogen-bond donors (Lipinski definition) is 1. The molecule has 2 aromatic rings. The lowest BCUT2D eigenvalue weighted by Gasteiger charge is -2.17. The van der Waals surface area contributed by atoms with E-state index in [1.807, 2.05) is 0 Å². The maximum atomic E-state index is 12.3. The van der Waals surface area contributed by atoms with Crippen molar-refractivity contribution in [3.8, 4) is 0 Å². The van der Waals surface area contributed by atoms with Crippen LogP contribution in [0.4, 0.5) is 5.69 Å². The quantitative estimate of drug-likeness (QED) is 0.474. The molecule has 0 heterocycles. The van der Waals surface area contributed by atoms with Gasteiger partial charge in [0, 0.05) is 31.2 Å². The lowest BCUT2D eigenvalue weighted by molar-refractivity contribution is -0.384. The number of nitro groups is 1. The first-order valence-corrected chi connectivity index (χ1v) is 7.70. The van der Waals surface area contributed by atoms with E-state index in [2.05, 4.69) is 5.32 Å². The van der Waals surface area contributed by atoms with Gasteiger partial charge in [-0.15, -0.1) is 0 Å². The van der Waals surface area contributed by atoms with E-state index in [0.29, 0.717) is 18.5 Å². The summed E-state index contributed by atoms with van der Waals surface area (Å²) in [6.45, 7) is 1.57. The Morgan fingerprint density at radius 3 is 2.32 bits per heavy atom. The summed E-state index contributed by atoms with van der Waals surface area (Å²) in [4.78, 5) is 33.7. The highest BCUT2D eigenvalue weighted by molar-refractivity contribution is 5.84. The Bertz CT molecular complexity index is 744. The molecule has 1 atom stereocenters. The third kappa shape index (κ3) is 5.42. The average Bonchev–Trinajstić information content (AvgIpc) is 2.60.